The van der Waals surface area contributed by atoms with Crippen molar-refractivity contribution in [2.45, 2.75) is 232 Å². The molecule has 0 aliphatic heterocycles. The van der Waals surface area contributed by atoms with Crippen LogP contribution in [-0.2, 0) is 32.7 Å². The number of esters is 2. The fourth-order valence-corrected chi connectivity index (χ4v) is 6.92. The molecule has 0 saturated carbocycles. The topological polar surface area (TPSA) is 108 Å². The molecular weight excluding hydrogens is 699 g/mol. The van der Waals surface area contributed by atoms with Crippen LogP contribution in [0.3, 0.4) is 0 Å². The van der Waals surface area contributed by atoms with Crippen molar-refractivity contribution < 1.29 is 37.6 Å². The lowest BCUT2D eigenvalue weighted by Gasteiger charge is -2.19. The molecule has 0 heterocycles. The third kappa shape index (κ3) is 40.2. The molecule has 54 heavy (non-hydrogen) atoms. The van der Waals surface area contributed by atoms with Crippen LogP contribution in [0.4, 0.5) is 0 Å². The van der Waals surface area contributed by atoms with Crippen LogP contribution in [0.5, 0.6) is 0 Å². The highest BCUT2D eigenvalue weighted by Gasteiger charge is 2.24. The zero-order chi connectivity index (χ0) is 39.6. The lowest BCUT2D eigenvalue weighted by Crippen LogP contribution is -2.29. The van der Waals surface area contributed by atoms with Crippen molar-refractivity contribution in [2.75, 3.05) is 20.3 Å². The van der Waals surface area contributed by atoms with Gasteiger partial charge in [0.1, 0.15) is 6.61 Å². The Bertz CT molecular complexity index is 937. The molecule has 0 aliphatic carbocycles. The number of rotatable bonds is 42. The van der Waals surface area contributed by atoms with Crippen molar-refractivity contribution >= 4 is 19.8 Å². The van der Waals surface area contributed by atoms with E-state index in [1.54, 1.807) is 0 Å². The highest BCUT2D eigenvalue weighted by molar-refractivity contribution is 7.47. The second-order valence-corrected chi connectivity index (χ2v) is 16.8. The third-order valence-electron chi connectivity index (χ3n) is 9.93. The van der Waals surface area contributed by atoms with Crippen LogP contribution in [-0.4, -0.2) is 43.3 Å². The first-order chi connectivity index (χ1) is 26.3. The van der Waals surface area contributed by atoms with Crippen LogP contribution in [0, 0.1) is 0 Å². The van der Waals surface area contributed by atoms with Crippen LogP contribution in [0.1, 0.15) is 226 Å². The highest BCUT2D eigenvalue weighted by Crippen LogP contribution is 2.42. The van der Waals surface area contributed by atoms with Gasteiger partial charge in [0.25, 0.3) is 0 Å². The molecule has 1 N–H and O–H groups in total. The summed E-state index contributed by atoms with van der Waals surface area (Å²) in [5, 5.41) is 0. The molecule has 0 fully saturated rings. The summed E-state index contributed by atoms with van der Waals surface area (Å²) < 4.78 is 32.0. The van der Waals surface area contributed by atoms with Crippen molar-refractivity contribution in [2.24, 2.45) is 0 Å². The second kappa shape index (κ2) is 41.2. The molecule has 0 spiro atoms. The van der Waals surface area contributed by atoms with Crippen LogP contribution in [0.25, 0.3) is 0 Å². The maximum Gasteiger partial charge on any atom is 0.472 e. The number of hydrogen-bond acceptors (Lipinski definition) is 7. The molecule has 0 aliphatic rings. The number of carbonyl (C=O) groups excluding carboxylic acids is 2. The van der Waals surface area contributed by atoms with Gasteiger partial charge in [0.05, 0.1) is 6.61 Å². The van der Waals surface area contributed by atoms with E-state index in [2.05, 4.69) is 42.7 Å². The summed E-state index contributed by atoms with van der Waals surface area (Å²) in [6.45, 7) is 3.83. The monoisotopic (exact) mass is 785 g/mol. The van der Waals surface area contributed by atoms with E-state index in [0.717, 1.165) is 71.3 Å². The van der Waals surface area contributed by atoms with Gasteiger partial charge >= 0.3 is 19.8 Å². The van der Waals surface area contributed by atoms with Gasteiger partial charge in [-0.3, -0.25) is 18.6 Å². The maximum absolute atomic E-state index is 12.5. The largest absolute Gasteiger partial charge is 0.472 e. The van der Waals surface area contributed by atoms with Crippen molar-refractivity contribution in [3.63, 3.8) is 0 Å². The molecule has 2 atom stereocenters. The minimum Gasteiger partial charge on any atom is -0.462 e. The van der Waals surface area contributed by atoms with Gasteiger partial charge in [0.2, 0.25) is 0 Å². The normalized spacial score (nSPS) is 13.5. The van der Waals surface area contributed by atoms with Crippen molar-refractivity contribution in [1.29, 1.82) is 0 Å². The quantitative estimate of drug-likeness (QED) is 0.0282. The maximum atomic E-state index is 12.5. The Hall–Kier alpha value is -1.47. The first-order valence-corrected chi connectivity index (χ1v) is 24.0. The van der Waals surface area contributed by atoms with Crippen LogP contribution < -0.4 is 0 Å². The molecular formula is C45H85O8P. The molecule has 0 aromatic rings. The van der Waals surface area contributed by atoms with Gasteiger partial charge in [0, 0.05) is 20.0 Å². The lowest BCUT2D eigenvalue weighted by molar-refractivity contribution is -0.161. The summed E-state index contributed by atoms with van der Waals surface area (Å²) in [6, 6.07) is 0. The summed E-state index contributed by atoms with van der Waals surface area (Å²) in [5.74, 6) is -0.811. The molecule has 0 bridgehead atoms. The molecule has 8 nitrogen and oxygen atoms in total. The number of phosphoric ester groups is 1. The van der Waals surface area contributed by atoms with Crippen molar-refractivity contribution in [3.8, 4) is 0 Å². The average Bonchev–Trinajstić information content (AvgIpc) is 3.16. The predicted octanol–water partition coefficient (Wildman–Crippen LogP) is 14.2. The number of allylic oxidation sites excluding steroid dienone is 4. The number of phosphoric acid groups is 1. The van der Waals surface area contributed by atoms with E-state index in [4.69, 9.17) is 14.0 Å². The van der Waals surface area contributed by atoms with Gasteiger partial charge in [-0.15, -0.1) is 0 Å². The zero-order valence-corrected chi connectivity index (χ0v) is 36.3. The molecule has 0 aromatic carbocycles. The second-order valence-electron chi connectivity index (χ2n) is 15.2. The molecule has 318 valence electrons. The number of hydrogen-bond donors (Lipinski definition) is 1. The van der Waals surface area contributed by atoms with E-state index in [1.165, 1.54) is 128 Å². The van der Waals surface area contributed by atoms with Gasteiger partial charge in [-0.05, 0) is 38.5 Å². The van der Waals surface area contributed by atoms with E-state index in [-0.39, 0.29) is 19.0 Å². The first-order valence-electron chi connectivity index (χ1n) is 22.5. The Morgan fingerprint density at radius 1 is 0.519 bits per heavy atom. The van der Waals surface area contributed by atoms with Gasteiger partial charge in [-0.1, -0.05) is 199 Å². The fraction of sp³-hybridized carbons (Fsp3) is 0.867. The van der Waals surface area contributed by atoms with E-state index in [0.29, 0.717) is 12.8 Å². The molecule has 0 amide bonds. The summed E-state index contributed by atoms with van der Waals surface area (Å²) in [4.78, 5) is 34.5. The standard InChI is InChI=1S/C45H85O8P/c1-4-6-8-10-12-14-16-18-19-20-21-22-23-24-25-26-28-29-31-33-35-37-39-44(46)51-41-43(42-52-54(48,49)50-3)53-45(47)40-38-36-34-32-30-27-17-15-13-11-9-7-5-2/h9,11,15,17,43H,4-8,10,12-14,16,18-42H2,1-3H3,(H,48,49)/b11-9-,17-15-. The number of carbonyl (C=O) groups is 2. The summed E-state index contributed by atoms with van der Waals surface area (Å²) >= 11 is 0. The SMILES string of the molecule is CCC/C=C\C/C=C\CCCCCCCC(=O)OC(COC(=O)CCCCCCCCCCCCCCCCCCCCCCCC)COP(=O)(O)OC. The fourth-order valence-electron chi connectivity index (χ4n) is 6.46. The molecule has 9 heteroatoms. The Kier molecular flexibility index (Phi) is 40.1. The van der Waals surface area contributed by atoms with Crippen LogP contribution in [0.15, 0.2) is 24.3 Å². The van der Waals surface area contributed by atoms with Crippen LogP contribution >= 0.6 is 7.82 Å². The summed E-state index contributed by atoms with van der Waals surface area (Å²) in [5.41, 5.74) is 0. The van der Waals surface area contributed by atoms with Crippen molar-refractivity contribution in [1.82, 2.24) is 0 Å². The zero-order valence-electron chi connectivity index (χ0n) is 35.4. The van der Waals surface area contributed by atoms with Gasteiger partial charge in [0.15, 0.2) is 6.10 Å². The average molecular weight is 785 g/mol. The van der Waals surface area contributed by atoms with E-state index < -0.39 is 26.5 Å². The van der Waals surface area contributed by atoms with E-state index in [9.17, 15) is 19.0 Å². The van der Waals surface area contributed by atoms with Gasteiger partial charge in [-0.25, -0.2) is 4.57 Å². The van der Waals surface area contributed by atoms with E-state index in [1.807, 2.05) is 0 Å². The molecule has 0 radical (unpaired) electrons. The molecule has 2 unspecified atom stereocenters. The summed E-state index contributed by atoms with van der Waals surface area (Å²) in [6.07, 6.45) is 46.7. The molecule has 0 aromatic heterocycles. The lowest BCUT2D eigenvalue weighted by atomic mass is 10.0. The van der Waals surface area contributed by atoms with Gasteiger partial charge in [-0.2, -0.15) is 0 Å². The van der Waals surface area contributed by atoms with Crippen molar-refractivity contribution in [3.05, 3.63) is 24.3 Å². The first kappa shape index (κ1) is 52.5. The predicted molar refractivity (Wildman–Crippen MR) is 226 cm³/mol. The Balaban J connectivity index is 3.88. The Labute approximate surface area is 333 Å². The highest BCUT2D eigenvalue weighted by atomic mass is 31.2. The Morgan fingerprint density at radius 3 is 1.37 bits per heavy atom. The van der Waals surface area contributed by atoms with Gasteiger partial charge < -0.3 is 14.4 Å². The third-order valence-corrected chi connectivity index (χ3v) is 10.9. The van der Waals surface area contributed by atoms with Crippen LogP contribution in [0.2, 0.25) is 0 Å². The Morgan fingerprint density at radius 2 is 0.926 bits per heavy atom. The minimum atomic E-state index is -4.26. The minimum absolute atomic E-state index is 0.227. The number of unbranched alkanes of at least 4 members (excludes halogenated alkanes) is 27. The van der Waals surface area contributed by atoms with E-state index >= 15 is 0 Å². The molecule has 0 saturated heterocycles. The molecule has 0 rings (SSSR count). The summed E-state index contributed by atoms with van der Waals surface area (Å²) in [7, 11) is -3.20. The number of ether oxygens (including phenoxy) is 2. The smallest absolute Gasteiger partial charge is 0.462 e.